The second kappa shape index (κ2) is 6.36. The van der Waals surface area contributed by atoms with Crippen molar-refractivity contribution in [2.75, 3.05) is 11.9 Å². The predicted octanol–water partition coefficient (Wildman–Crippen LogP) is 5.17. The van der Waals surface area contributed by atoms with Crippen LogP contribution in [0.2, 0.25) is 10.0 Å². The Hall–Kier alpha value is -2.04. The van der Waals surface area contributed by atoms with Crippen LogP contribution in [-0.2, 0) is 0 Å². The number of benzene rings is 2. The Morgan fingerprint density at radius 3 is 2.44 bits per heavy atom. The Bertz CT molecular complexity index is 849. The highest BCUT2D eigenvalue weighted by Gasteiger charge is 2.42. The summed E-state index contributed by atoms with van der Waals surface area (Å²) in [5.74, 6) is 0.782. The van der Waals surface area contributed by atoms with Gasteiger partial charge in [-0.25, -0.2) is 4.79 Å². The number of hydrogen-bond donors (Lipinski definition) is 0. The van der Waals surface area contributed by atoms with E-state index in [1.54, 1.807) is 23.1 Å². The maximum Gasteiger partial charge on any atom is 0.350 e. The van der Waals surface area contributed by atoms with Gasteiger partial charge in [0.25, 0.3) is 0 Å². The summed E-state index contributed by atoms with van der Waals surface area (Å²) in [6, 6.07) is 15.1. The minimum Gasteiger partial charge on any atom is -0.358 e. The molecule has 0 N–H and O–H groups in total. The topological polar surface area (TPSA) is 35.9 Å². The molecule has 2 amide bonds. The molecule has 0 bridgehead atoms. The van der Waals surface area contributed by atoms with Crippen molar-refractivity contribution in [3.05, 3.63) is 64.1 Å². The fraction of sp³-hybridized carbons (Fsp3) is 0.263. The van der Waals surface area contributed by atoms with Crippen LogP contribution < -0.4 is 4.90 Å². The SMILES string of the molecule is CN(C1=NC(=O)N(c2ccc(Cl)c(Cl)c2)C1c1ccccc1)C1CC1. The number of carbonyl (C=O) groups is 1. The molecule has 1 aliphatic carbocycles. The van der Waals surface area contributed by atoms with Gasteiger partial charge in [0.15, 0.2) is 0 Å². The molecule has 1 unspecified atom stereocenters. The van der Waals surface area contributed by atoms with Gasteiger partial charge in [-0.1, -0.05) is 53.5 Å². The quantitative estimate of drug-likeness (QED) is 0.743. The Morgan fingerprint density at radius 1 is 1.08 bits per heavy atom. The highest BCUT2D eigenvalue weighted by molar-refractivity contribution is 6.42. The first-order valence-corrected chi connectivity index (χ1v) is 8.96. The van der Waals surface area contributed by atoms with Crippen LogP contribution in [0.15, 0.2) is 53.5 Å². The summed E-state index contributed by atoms with van der Waals surface area (Å²) in [6.07, 6.45) is 2.27. The van der Waals surface area contributed by atoms with Gasteiger partial charge in [-0.05, 0) is 36.6 Å². The molecular weight excluding hydrogens is 357 g/mol. The second-order valence-electron chi connectivity index (χ2n) is 6.38. The number of anilines is 1. The van der Waals surface area contributed by atoms with Gasteiger partial charge in [-0.15, -0.1) is 0 Å². The molecule has 1 aliphatic heterocycles. The first-order chi connectivity index (χ1) is 12.1. The molecule has 1 saturated carbocycles. The second-order valence-corrected chi connectivity index (χ2v) is 7.19. The molecule has 0 spiro atoms. The lowest BCUT2D eigenvalue weighted by molar-refractivity contribution is 0.255. The van der Waals surface area contributed by atoms with Gasteiger partial charge in [0.1, 0.15) is 11.9 Å². The largest absolute Gasteiger partial charge is 0.358 e. The van der Waals surface area contributed by atoms with E-state index in [0.717, 1.165) is 24.2 Å². The van der Waals surface area contributed by atoms with Gasteiger partial charge in [0.05, 0.1) is 10.0 Å². The van der Waals surface area contributed by atoms with Crippen LogP contribution in [0.3, 0.4) is 0 Å². The van der Waals surface area contributed by atoms with Gasteiger partial charge in [-0.2, -0.15) is 4.99 Å². The Balaban J connectivity index is 1.79. The fourth-order valence-corrected chi connectivity index (χ4v) is 3.48. The van der Waals surface area contributed by atoms with Crippen LogP contribution >= 0.6 is 23.2 Å². The predicted molar refractivity (Wildman–Crippen MR) is 102 cm³/mol. The zero-order valence-electron chi connectivity index (χ0n) is 13.7. The van der Waals surface area contributed by atoms with E-state index in [-0.39, 0.29) is 12.1 Å². The van der Waals surface area contributed by atoms with Crippen molar-refractivity contribution < 1.29 is 4.79 Å². The van der Waals surface area contributed by atoms with Crippen molar-refractivity contribution in [3.8, 4) is 0 Å². The summed E-state index contributed by atoms with van der Waals surface area (Å²) in [4.78, 5) is 20.9. The van der Waals surface area contributed by atoms with E-state index in [9.17, 15) is 4.79 Å². The molecule has 128 valence electrons. The first-order valence-electron chi connectivity index (χ1n) is 8.21. The molecule has 25 heavy (non-hydrogen) atoms. The van der Waals surface area contributed by atoms with Gasteiger partial charge in [0.2, 0.25) is 0 Å². The number of urea groups is 1. The molecule has 6 heteroatoms. The number of hydrogen-bond acceptors (Lipinski definition) is 2. The monoisotopic (exact) mass is 373 g/mol. The number of amides is 2. The third kappa shape index (κ3) is 3.00. The molecule has 2 aliphatic rings. The summed E-state index contributed by atoms with van der Waals surface area (Å²) >= 11 is 12.2. The number of nitrogens with zero attached hydrogens (tertiary/aromatic N) is 3. The zero-order chi connectivity index (χ0) is 17.6. The van der Waals surface area contributed by atoms with Crippen LogP contribution in [0.4, 0.5) is 10.5 Å². The molecule has 4 rings (SSSR count). The number of rotatable bonds is 3. The molecular formula is C19H17Cl2N3O. The van der Waals surface area contributed by atoms with E-state index in [2.05, 4.69) is 9.89 Å². The number of halogens is 2. The van der Waals surface area contributed by atoms with Crippen LogP contribution in [-0.4, -0.2) is 29.9 Å². The Labute approximate surface area is 156 Å². The third-order valence-electron chi connectivity index (χ3n) is 4.67. The van der Waals surface area contributed by atoms with Crippen molar-refractivity contribution in [1.82, 2.24) is 4.90 Å². The average molecular weight is 374 g/mol. The maximum absolute atomic E-state index is 12.7. The highest BCUT2D eigenvalue weighted by Crippen LogP contribution is 2.39. The molecule has 2 aromatic carbocycles. The number of likely N-dealkylation sites (N-methyl/N-ethyl adjacent to an activating group) is 1. The maximum atomic E-state index is 12.7. The fourth-order valence-electron chi connectivity index (χ4n) is 3.19. The van der Waals surface area contributed by atoms with Crippen molar-refractivity contribution in [2.45, 2.75) is 24.9 Å². The number of amidine groups is 1. The Kier molecular flexibility index (Phi) is 4.18. The van der Waals surface area contributed by atoms with E-state index >= 15 is 0 Å². The summed E-state index contributed by atoms with van der Waals surface area (Å²) in [6.45, 7) is 0. The van der Waals surface area contributed by atoms with E-state index in [0.29, 0.717) is 21.8 Å². The minimum atomic E-state index is -0.283. The van der Waals surface area contributed by atoms with Crippen LogP contribution in [0, 0.1) is 0 Å². The normalized spacial score (nSPS) is 20.0. The van der Waals surface area contributed by atoms with Gasteiger partial charge in [0, 0.05) is 18.8 Å². The van der Waals surface area contributed by atoms with Gasteiger partial charge >= 0.3 is 6.03 Å². The molecule has 4 nitrogen and oxygen atoms in total. The molecule has 1 heterocycles. The highest BCUT2D eigenvalue weighted by atomic mass is 35.5. The summed E-state index contributed by atoms with van der Waals surface area (Å²) in [5.41, 5.74) is 1.71. The van der Waals surface area contributed by atoms with Crippen molar-refractivity contribution in [1.29, 1.82) is 0 Å². The number of aliphatic imine (C=N–C) groups is 1. The first kappa shape index (κ1) is 16.4. The lowest BCUT2D eigenvalue weighted by Gasteiger charge is -2.30. The third-order valence-corrected chi connectivity index (χ3v) is 5.41. The van der Waals surface area contributed by atoms with Gasteiger partial charge < -0.3 is 4.90 Å². The molecule has 2 aromatic rings. The molecule has 1 atom stereocenters. The van der Waals surface area contributed by atoms with Crippen LogP contribution in [0.25, 0.3) is 0 Å². The summed E-state index contributed by atoms with van der Waals surface area (Å²) < 4.78 is 0. The van der Waals surface area contributed by atoms with Crippen molar-refractivity contribution in [3.63, 3.8) is 0 Å². The lowest BCUT2D eigenvalue weighted by Crippen LogP contribution is -2.38. The smallest absolute Gasteiger partial charge is 0.350 e. The van der Waals surface area contributed by atoms with Crippen LogP contribution in [0.5, 0.6) is 0 Å². The molecule has 0 radical (unpaired) electrons. The van der Waals surface area contributed by atoms with E-state index in [1.807, 2.05) is 37.4 Å². The molecule has 0 saturated heterocycles. The Morgan fingerprint density at radius 2 is 1.80 bits per heavy atom. The number of carbonyl (C=O) groups excluding carboxylic acids is 1. The van der Waals surface area contributed by atoms with Crippen LogP contribution in [0.1, 0.15) is 24.4 Å². The zero-order valence-corrected chi connectivity index (χ0v) is 15.2. The minimum absolute atomic E-state index is 0.267. The summed E-state index contributed by atoms with van der Waals surface area (Å²) in [5, 5.41) is 0.882. The van der Waals surface area contributed by atoms with Gasteiger partial charge in [-0.3, -0.25) is 4.90 Å². The summed E-state index contributed by atoms with van der Waals surface area (Å²) in [7, 11) is 2.01. The van der Waals surface area contributed by atoms with E-state index in [4.69, 9.17) is 23.2 Å². The molecule has 1 fully saturated rings. The molecule has 0 aromatic heterocycles. The lowest BCUT2D eigenvalue weighted by atomic mass is 10.0. The van der Waals surface area contributed by atoms with E-state index < -0.39 is 0 Å². The standard InChI is InChI=1S/C19H17Cl2N3O/c1-23(13-7-8-13)18-17(12-5-3-2-4-6-12)24(19(25)22-18)14-9-10-15(20)16(21)11-14/h2-6,9-11,13,17H,7-8H2,1H3. The van der Waals surface area contributed by atoms with Crippen molar-refractivity contribution >= 4 is 40.8 Å². The average Bonchev–Trinajstić information content (AvgIpc) is 3.40. The van der Waals surface area contributed by atoms with Crippen molar-refractivity contribution in [2.24, 2.45) is 4.99 Å². The van der Waals surface area contributed by atoms with E-state index in [1.165, 1.54) is 0 Å².